The Bertz CT molecular complexity index is 981. The molecule has 0 amide bonds. The number of Topliss-reactive ketones (excluding diaryl/α,β-unsaturated/α-hetero) is 1. The highest BCUT2D eigenvalue weighted by atomic mass is 31.1. The number of benzene rings is 3. The van der Waals surface area contributed by atoms with Crippen LogP contribution in [0.15, 0.2) is 72.8 Å². The first-order valence-corrected chi connectivity index (χ1v) is 11.2. The van der Waals surface area contributed by atoms with Crippen molar-refractivity contribution in [1.82, 2.24) is 0 Å². The maximum absolute atomic E-state index is 12.1. The average molecular weight is 404 g/mol. The molecule has 1 N–H and O–H groups in total. The molecule has 0 aliphatic rings. The molecular formula is C26H29O2P. The Balaban J connectivity index is 1.99. The molecule has 0 heterocycles. The van der Waals surface area contributed by atoms with Crippen molar-refractivity contribution in [2.75, 3.05) is 0 Å². The van der Waals surface area contributed by atoms with E-state index in [1.807, 2.05) is 42.5 Å². The van der Waals surface area contributed by atoms with Crippen LogP contribution < -0.4 is 5.30 Å². The van der Waals surface area contributed by atoms with E-state index in [9.17, 15) is 9.90 Å². The minimum absolute atomic E-state index is 0.0917. The van der Waals surface area contributed by atoms with Crippen LogP contribution in [0.3, 0.4) is 0 Å². The highest BCUT2D eigenvalue weighted by Crippen LogP contribution is 2.48. The van der Waals surface area contributed by atoms with E-state index < -0.39 is 0 Å². The van der Waals surface area contributed by atoms with Crippen molar-refractivity contribution >= 4 is 19.7 Å². The summed E-state index contributed by atoms with van der Waals surface area (Å²) in [5, 5.41) is 11.6. The van der Waals surface area contributed by atoms with Gasteiger partial charge >= 0.3 is 0 Å². The Hall–Kier alpha value is -2.44. The summed E-state index contributed by atoms with van der Waals surface area (Å²) in [6.07, 6.45) is 2.79. The fourth-order valence-corrected chi connectivity index (χ4v) is 5.81. The van der Waals surface area contributed by atoms with Crippen molar-refractivity contribution in [2.24, 2.45) is 0 Å². The lowest BCUT2D eigenvalue weighted by Crippen LogP contribution is -2.22. The summed E-state index contributed by atoms with van der Waals surface area (Å²) in [7, 11) is 0.404. The van der Waals surface area contributed by atoms with Crippen molar-refractivity contribution in [1.29, 1.82) is 0 Å². The number of hydrogen-bond donors (Lipinski definition) is 1. The molecule has 0 saturated heterocycles. The van der Waals surface area contributed by atoms with Crippen molar-refractivity contribution < 1.29 is 9.90 Å². The topological polar surface area (TPSA) is 37.3 Å². The maximum atomic E-state index is 12.1. The molecule has 2 unspecified atom stereocenters. The SMILES string of the molecule is CCCC(C)(Pc1ccccc1C(C)=O)c1cc(Cc2ccccc2)ccc1O. The van der Waals surface area contributed by atoms with Gasteiger partial charge in [-0.25, -0.2) is 0 Å². The summed E-state index contributed by atoms with van der Waals surface area (Å²) >= 11 is 0. The van der Waals surface area contributed by atoms with Gasteiger partial charge < -0.3 is 5.11 Å². The van der Waals surface area contributed by atoms with E-state index in [-0.39, 0.29) is 10.9 Å². The lowest BCUT2D eigenvalue weighted by Gasteiger charge is -2.32. The van der Waals surface area contributed by atoms with Gasteiger partial charge in [0.25, 0.3) is 0 Å². The van der Waals surface area contributed by atoms with Crippen LogP contribution in [0.5, 0.6) is 5.75 Å². The van der Waals surface area contributed by atoms with Crippen LogP contribution in [0.1, 0.15) is 60.7 Å². The average Bonchev–Trinajstić information content (AvgIpc) is 2.70. The largest absolute Gasteiger partial charge is 0.508 e. The maximum Gasteiger partial charge on any atom is 0.160 e. The number of carbonyl (C=O) groups is 1. The van der Waals surface area contributed by atoms with Gasteiger partial charge in [0.15, 0.2) is 5.78 Å². The quantitative estimate of drug-likeness (QED) is 0.358. The van der Waals surface area contributed by atoms with Gasteiger partial charge in [0, 0.05) is 16.3 Å². The first-order valence-electron chi connectivity index (χ1n) is 10.2. The van der Waals surface area contributed by atoms with Crippen LogP contribution in [0, 0.1) is 0 Å². The van der Waals surface area contributed by atoms with Crippen LogP contribution in [-0.4, -0.2) is 10.9 Å². The summed E-state index contributed by atoms with van der Waals surface area (Å²) in [6.45, 7) is 6.01. The van der Waals surface area contributed by atoms with E-state index >= 15 is 0 Å². The van der Waals surface area contributed by atoms with E-state index in [0.717, 1.165) is 35.7 Å². The molecule has 3 aromatic rings. The predicted molar refractivity (Wildman–Crippen MR) is 124 cm³/mol. The van der Waals surface area contributed by atoms with E-state index in [1.165, 1.54) is 11.1 Å². The van der Waals surface area contributed by atoms with Crippen LogP contribution in [-0.2, 0) is 11.6 Å². The summed E-state index contributed by atoms with van der Waals surface area (Å²) in [5.41, 5.74) is 4.21. The lowest BCUT2D eigenvalue weighted by atomic mass is 9.91. The second-order valence-corrected chi connectivity index (χ2v) is 9.71. The number of ketones is 1. The Kier molecular flexibility index (Phi) is 6.87. The van der Waals surface area contributed by atoms with E-state index in [1.54, 1.807) is 6.92 Å². The van der Waals surface area contributed by atoms with Crippen LogP contribution in [0.25, 0.3) is 0 Å². The molecule has 3 rings (SSSR count). The highest BCUT2D eigenvalue weighted by Gasteiger charge is 2.30. The summed E-state index contributed by atoms with van der Waals surface area (Å²) < 4.78 is 0. The first kappa shape index (κ1) is 21.3. The third-order valence-electron chi connectivity index (χ3n) is 5.37. The Labute approximate surface area is 175 Å². The standard InChI is InChI=1S/C26H29O2P/c1-4-16-26(3,29-25-13-9-8-12-22(25)19(2)27)23-18-21(14-15-24(23)28)17-20-10-6-5-7-11-20/h5-15,18,28-29H,4,16-17H2,1-3H3. The van der Waals surface area contributed by atoms with Crippen LogP contribution >= 0.6 is 8.58 Å². The predicted octanol–water partition coefficient (Wildman–Crippen LogP) is 6.20. The lowest BCUT2D eigenvalue weighted by molar-refractivity contribution is 0.101. The Morgan fingerprint density at radius 1 is 0.966 bits per heavy atom. The van der Waals surface area contributed by atoms with E-state index in [2.05, 4.69) is 44.2 Å². The zero-order chi connectivity index (χ0) is 20.9. The third kappa shape index (κ3) is 5.14. The second kappa shape index (κ2) is 9.37. The number of phenolic OH excluding ortho intramolecular Hbond substituents is 1. The molecule has 0 bridgehead atoms. The van der Waals surface area contributed by atoms with Gasteiger partial charge in [-0.05, 0) is 42.3 Å². The zero-order valence-electron chi connectivity index (χ0n) is 17.4. The van der Waals surface area contributed by atoms with Gasteiger partial charge in [0.05, 0.1) is 0 Å². The van der Waals surface area contributed by atoms with Gasteiger partial charge in [-0.3, -0.25) is 4.79 Å². The van der Waals surface area contributed by atoms with Crippen molar-refractivity contribution in [2.45, 2.75) is 45.2 Å². The monoisotopic (exact) mass is 404 g/mol. The van der Waals surface area contributed by atoms with Crippen molar-refractivity contribution in [3.8, 4) is 5.75 Å². The smallest absolute Gasteiger partial charge is 0.160 e. The molecule has 3 aromatic carbocycles. The summed E-state index contributed by atoms with van der Waals surface area (Å²) in [5.74, 6) is 0.430. The number of aromatic hydroxyl groups is 1. The number of rotatable bonds is 8. The molecular weight excluding hydrogens is 375 g/mol. The minimum Gasteiger partial charge on any atom is -0.508 e. The third-order valence-corrected chi connectivity index (χ3v) is 7.15. The Morgan fingerprint density at radius 3 is 2.34 bits per heavy atom. The van der Waals surface area contributed by atoms with Gasteiger partial charge in [-0.1, -0.05) is 95.6 Å². The minimum atomic E-state index is -0.225. The zero-order valence-corrected chi connectivity index (χ0v) is 18.4. The number of hydrogen-bond acceptors (Lipinski definition) is 2. The molecule has 150 valence electrons. The molecule has 2 atom stereocenters. The number of phenols is 1. The molecule has 2 nitrogen and oxygen atoms in total. The molecule has 0 aliphatic carbocycles. The normalized spacial score (nSPS) is 13.5. The molecule has 29 heavy (non-hydrogen) atoms. The van der Waals surface area contributed by atoms with Gasteiger partial charge in [-0.2, -0.15) is 0 Å². The van der Waals surface area contributed by atoms with Crippen molar-refractivity contribution in [3.63, 3.8) is 0 Å². The van der Waals surface area contributed by atoms with Crippen LogP contribution in [0.2, 0.25) is 0 Å². The highest BCUT2D eigenvalue weighted by molar-refractivity contribution is 7.48. The fraction of sp³-hybridized carbons (Fsp3) is 0.269. The van der Waals surface area contributed by atoms with E-state index in [4.69, 9.17) is 0 Å². The van der Waals surface area contributed by atoms with Crippen molar-refractivity contribution in [3.05, 3.63) is 95.1 Å². The molecule has 0 fully saturated rings. The Morgan fingerprint density at radius 2 is 1.66 bits per heavy atom. The second-order valence-electron chi connectivity index (χ2n) is 7.82. The summed E-state index contributed by atoms with van der Waals surface area (Å²) in [6, 6.07) is 24.2. The molecule has 0 radical (unpaired) electrons. The number of carbonyl (C=O) groups excluding carboxylic acids is 1. The van der Waals surface area contributed by atoms with E-state index in [0.29, 0.717) is 14.3 Å². The molecule has 3 heteroatoms. The van der Waals surface area contributed by atoms with Crippen LogP contribution in [0.4, 0.5) is 0 Å². The molecule has 0 aliphatic heterocycles. The van der Waals surface area contributed by atoms with Gasteiger partial charge in [0.2, 0.25) is 0 Å². The molecule has 0 spiro atoms. The fourth-order valence-electron chi connectivity index (χ4n) is 3.93. The molecule has 0 aromatic heterocycles. The van der Waals surface area contributed by atoms with Gasteiger partial charge in [-0.15, -0.1) is 0 Å². The summed E-state index contributed by atoms with van der Waals surface area (Å²) in [4.78, 5) is 12.1. The first-order chi connectivity index (χ1) is 13.9. The molecule has 0 saturated carbocycles. The van der Waals surface area contributed by atoms with Gasteiger partial charge in [0.1, 0.15) is 5.75 Å².